The van der Waals surface area contributed by atoms with E-state index in [-0.39, 0.29) is 0 Å². The molecule has 0 aliphatic carbocycles. The highest BCUT2D eigenvalue weighted by molar-refractivity contribution is 5.88. The Morgan fingerprint density at radius 3 is 1.67 bits per heavy atom. The lowest BCUT2D eigenvalue weighted by molar-refractivity contribution is -0.172. The van der Waals surface area contributed by atoms with Gasteiger partial charge in [-0.15, -0.1) is 0 Å². The van der Waals surface area contributed by atoms with Crippen molar-refractivity contribution in [1.29, 1.82) is 0 Å². The van der Waals surface area contributed by atoms with Gasteiger partial charge in [0.2, 0.25) is 0 Å². The summed E-state index contributed by atoms with van der Waals surface area (Å²) in [7, 11) is 0. The fourth-order valence-corrected chi connectivity index (χ4v) is 2.88. The minimum Gasteiger partial charge on any atom is -0.481 e. The van der Waals surface area contributed by atoms with E-state index in [0.717, 1.165) is 0 Å². The molecule has 0 aromatic rings. The summed E-state index contributed by atoms with van der Waals surface area (Å²) >= 11 is 0. The highest BCUT2D eigenvalue weighted by Crippen LogP contribution is 2.59. The molecule has 15 heavy (non-hydrogen) atoms. The minimum absolute atomic E-state index is 0.471. The normalized spacial score (nSPS) is 48.1. The Labute approximate surface area is 87.0 Å². The highest BCUT2D eigenvalue weighted by Gasteiger charge is 2.71. The number of carbonyl (C=O) groups is 2. The molecule has 0 saturated carbocycles. The van der Waals surface area contributed by atoms with Crippen molar-refractivity contribution in [3.05, 3.63) is 0 Å². The van der Waals surface area contributed by atoms with Gasteiger partial charge in [0.05, 0.1) is 12.2 Å². The molecule has 0 unspecified atom stereocenters. The largest absolute Gasteiger partial charge is 0.481 e. The molecule has 0 amide bonds. The van der Waals surface area contributed by atoms with Crippen LogP contribution in [0.5, 0.6) is 0 Å². The van der Waals surface area contributed by atoms with Crippen molar-refractivity contribution in [2.75, 3.05) is 0 Å². The van der Waals surface area contributed by atoms with E-state index in [0.29, 0.717) is 12.8 Å². The Morgan fingerprint density at radius 1 is 1.07 bits per heavy atom. The van der Waals surface area contributed by atoms with Crippen molar-refractivity contribution in [3.8, 4) is 0 Å². The second-order valence-electron chi connectivity index (χ2n) is 4.71. The van der Waals surface area contributed by atoms with Crippen LogP contribution >= 0.6 is 0 Å². The van der Waals surface area contributed by atoms with Crippen molar-refractivity contribution in [1.82, 2.24) is 0 Å². The van der Waals surface area contributed by atoms with E-state index in [9.17, 15) is 19.8 Å². The van der Waals surface area contributed by atoms with Crippen molar-refractivity contribution in [2.24, 2.45) is 10.8 Å². The Morgan fingerprint density at radius 2 is 1.40 bits per heavy atom. The van der Waals surface area contributed by atoms with E-state index in [4.69, 9.17) is 4.74 Å². The molecule has 2 fully saturated rings. The average Bonchev–Trinajstić information content (AvgIpc) is 2.69. The van der Waals surface area contributed by atoms with E-state index in [1.54, 1.807) is 0 Å². The molecule has 5 nitrogen and oxygen atoms in total. The fraction of sp³-hybridized carbons (Fsp3) is 0.800. The lowest BCUT2D eigenvalue weighted by Crippen LogP contribution is -2.55. The lowest BCUT2D eigenvalue weighted by Gasteiger charge is -2.40. The third kappa shape index (κ3) is 0.916. The molecular weight excluding hydrogens is 200 g/mol. The van der Waals surface area contributed by atoms with Gasteiger partial charge in [-0.3, -0.25) is 9.59 Å². The zero-order valence-electron chi connectivity index (χ0n) is 8.69. The molecule has 2 rings (SSSR count). The van der Waals surface area contributed by atoms with Gasteiger partial charge in [-0.2, -0.15) is 0 Å². The number of hydrogen-bond acceptors (Lipinski definition) is 3. The maximum Gasteiger partial charge on any atom is 0.313 e. The number of carboxylic acids is 2. The highest BCUT2D eigenvalue weighted by atomic mass is 16.5. The lowest BCUT2D eigenvalue weighted by atomic mass is 9.57. The van der Waals surface area contributed by atoms with E-state index < -0.39 is 35.0 Å². The first-order chi connectivity index (χ1) is 6.85. The maximum absolute atomic E-state index is 11.3. The number of carboxylic acid groups (broad SMARTS) is 2. The number of ether oxygens (including phenoxy) is 1. The number of fused-ring (bicyclic) bond motifs is 2. The SMILES string of the molecule is C[C@@]1(C(=O)O)[C@@H]2CC[C@@H](O2)[C@@]1(C)C(=O)O. The molecule has 2 heterocycles. The molecule has 2 N–H and O–H groups in total. The predicted molar refractivity (Wildman–Crippen MR) is 49.4 cm³/mol. The van der Waals surface area contributed by atoms with E-state index in [2.05, 4.69) is 0 Å². The van der Waals surface area contributed by atoms with E-state index in [1.807, 2.05) is 0 Å². The second-order valence-corrected chi connectivity index (χ2v) is 4.71. The third-order valence-corrected chi connectivity index (χ3v) is 4.27. The third-order valence-electron chi connectivity index (χ3n) is 4.27. The van der Waals surface area contributed by atoms with Crippen molar-refractivity contribution < 1.29 is 24.5 Å². The summed E-state index contributed by atoms with van der Waals surface area (Å²) in [6, 6.07) is 0. The molecular formula is C10H14O5. The molecule has 2 aliphatic heterocycles. The molecule has 0 aromatic carbocycles. The van der Waals surface area contributed by atoms with Crippen molar-refractivity contribution in [2.45, 2.75) is 38.9 Å². The molecule has 84 valence electrons. The van der Waals surface area contributed by atoms with Crippen LogP contribution in [0.15, 0.2) is 0 Å². The summed E-state index contributed by atoms with van der Waals surface area (Å²) in [5, 5.41) is 18.5. The Bertz CT molecular complexity index is 307. The molecule has 2 aliphatic rings. The van der Waals surface area contributed by atoms with Crippen LogP contribution in [0.3, 0.4) is 0 Å². The van der Waals surface area contributed by atoms with Crippen molar-refractivity contribution >= 4 is 11.9 Å². The molecule has 0 spiro atoms. The zero-order valence-corrected chi connectivity index (χ0v) is 8.69. The molecule has 5 heteroatoms. The van der Waals surface area contributed by atoms with Crippen LogP contribution in [0, 0.1) is 10.8 Å². The van der Waals surface area contributed by atoms with Gasteiger partial charge < -0.3 is 14.9 Å². The Hall–Kier alpha value is -1.10. The Balaban J connectivity index is 2.53. The van der Waals surface area contributed by atoms with Gasteiger partial charge in [-0.1, -0.05) is 0 Å². The van der Waals surface area contributed by atoms with Gasteiger partial charge in [-0.25, -0.2) is 0 Å². The number of rotatable bonds is 2. The molecule has 0 radical (unpaired) electrons. The van der Waals surface area contributed by atoms with Crippen molar-refractivity contribution in [3.63, 3.8) is 0 Å². The summed E-state index contributed by atoms with van der Waals surface area (Å²) in [6.45, 7) is 2.96. The second kappa shape index (κ2) is 2.72. The predicted octanol–water partition coefficient (Wildman–Crippen LogP) is 0.729. The summed E-state index contributed by atoms with van der Waals surface area (Å²) in [5.41, 5.74) is -2.64. The summed E-state index contributed by atoms with van der Waals surface area (Å²) in [5.74, 6) is -2.17. The van der Waals surface area contributed by atoms with Gasteiger partial charge >= 0.3 is 11.9 Å². The van der Waals surface area contributed by atoms with Gasteiger partial charge in [0, 0.05) is 0 Å². The van der Waals surface area contributed by atoms with Crippen LogP contribution in [0.25, 0.3) is 0 Å². The first kappa shape index (κ1) is 10.4. The number of hydrogen-bond donors (Lipinski definition) is 2. The summed E-state index contributed by atoms with van der Waals surface area (Å²) < 4.78 is 5.46. The van der Waals surface area contributed by atoms with Crippen LogP contribution in [0.2, 0.25) is 0 Å². The van der Waals surface area contributed by atoms with Crippen LogP contribution in [0.4, 0.5) is 0 Å². The molecule has 2 bridgehead atoms. The topological polar surface area (TPSA) is 83.8 Å². The summed E-state index contributed by atoms with van der Waals surface area (Å²) in [6.07, 6.45) is 0.328. The molecule has 0 aromatic heterocycles. The fourth-order valence-electron chi connectivity index (χ4n) is 2.88. The molecule has 2 saturated heterocycles. The molecule has 4 atom stereocenters. The van der Waals surface area contributed by atoms with Crippen LogP contribution in [-0.2, 0) is 14.3 Å². The van der Waals surface area contributed by atoms with E-state index in [1.165, 1.54) is 13.8 Å². The van der Waals surface area contributed by atoms with Gasteiger partial charge in [0.15, 0.2) is 0 Å². The smallest absolute Gasteiger partial charge is 0.313 e. The van der Waals surface area contributed by atoms with Crippen LogP contribution < -0.4 is 0 Å². The minimum atomic E-state index is -1.32. The van der Waals surface area contributed by atoms with Gasteiger partial charge in [-0.05, 0) is 26.7 Å². The monoisotopic (exact) mass is 214 g/mol. The number of aliphatic carboxylic acids is 2. The first-order valence-electron chi connectivity index (χ1n) is 4.97. The quantitative estimate of drug-likeness (QED) is 0.707. The van der Waals surface area contributed by atoms with Crippen LogP contribution in [0.1, 0.15) is 26.7 Å². The zero-order chi connectivity index (χ0) is 11.4. The Kier molecular flexibility index (Phi) is 1.89. The summed E-state index contributed by atoms with van der Waals surface area (Å²) in [4.78, 5) is 22.6. The standard InChI is InChI=1S/C10H14O5/c1-9(7(11)12)5-3-4-6(15-5)10(9,2)8(13)14/h5-6H,3-4H2,1-2H3,(H,11,12)(H,13,14)/t5-,6+,9-,10-/m0/s1. The van der Waals surface area contributed by atoms with Gasteiger partial charge in [0.25, 0.3) is 0 Å². The van der Waals surface area contributed by atoms with Crippen LogP contribution in [-0.4, -0.2) is 34.4 Å². The van der Waals surface area contributed by atoms with Gasteiger partial charge in [0.1, 0.15) is 10.8 Å². The average molecular weight is 214 g/mol. The maximum atomic E-state index is 11.3. The van der Waals surface area contributed by atoms with E-state index >= 15 is 0 Å². The first-order valence-corrected chi connectivity index (χ1v) is 4.97.